The van der Waals surface area contributed by atoms with Gasteiger partial charge in [0.15, 0.2) is 0 Å². The summed E-state index contributed by atoms with van der Waals surface area (Å²) in [6.07, 6.45) is 2.51. The van der Waals surface area contributed by atoms with E-state index < -0.39 is 23.8 Å². The molecule has 0 unspecified atom stereocenters. The first-order valence-electron chi connectivity index (χ1n) is 7.41. The van der Waals surface area contributed by atoms with Crippen LogP contribution in [-0.2, 0) is 0 Å². The number of pyridine rings is 1. The summed E-state index contributed by atoms with van der Waals surface area (Å²) in [5, 5.41) is 4.12. The van der Waals surface area contributed by atoms with Gasteiger partial charge in [0, 0.05) is 36.6 Å². The van der Waals surface area contributed by atoms with E-state index in [2.05, 4.69) is 5.10 Å². The molecule has 0 spiro atoms. The predicted molar refractivity (Wildman–Crippen MR) is 81.2 cm³/mol. The summed E-state index contributed by atoms with van der Waals surface area (Å²) in [7, 11) is 0. The van der Waals surface area contributed by atoms with Gasteiger partial charge in [-0.15, -0.1) is 0 Å². The van der Waals surface area contributed by atoms with Crippen LogP contribution in [0.5, 0.6) is 0 Å². The van der Waals surface area contributed by atoms with Gasteiger partial charge >= 0.3 is 0 Å². The standard InChI is InChI=1S/C17H14F3N3/c18-11-1-2-16(20)15(7-11)17-8-12(19)10-22(17)13-4-6-23-14(9-13)3-5-21-23/h1-7,9,12,17H,8,10H2/t12-,17-/m1/s1. The highest BCUT2D eigenvalue weighted by Gasteiger charge is 2.35. The Kier molecular flexibility index (Phi) is 3.25. The molecule has 0 aliphatic carbocycles. The molecule has 3 heterocycles. The van der Waals surface area contributed by atoms with Crippen molar-refractivity contribution in [3.05, 3.63) is 66.0 Å². The van der Waals surface area contributed by atoms with Crippen molar-refractivity contribution >= 4 is 11.2 Å². The maximum atomic E-state index is 14.1. The number of hydrogen-bond donors (Lipinski definition) is 0. The van der Waals surface area contributed by atoms with Gasteiger partial charge in [-0.05, 0) is 36.4 Å². The monoisotopic (exact) mass is 317 g/mol. The number of halogens is 3. The molecule has 0 amide bonds. The summed E-state index contributed by atoms with van der Waals surface area (Å²) in [5.74, 6) is -1.03. The largest absolute Gasteiger partial charge is 0.361 e. The first kappa shape index (κ1) is 14.1. The summed E-state index contributed by atoms with van der Waals surface area (Å²) in [6.45, 7) is 0.158. The molecule has 1 saturated heterocycles. The molecular formula is C17H14F3N3. The minimum atomic E-state index is -1.08. The summed E-state index contributed by atoms with van der Waals surface area (Å²) >= 11 is 0. The van der Waals surface area contributed by atoms with Crippen molar-refractivity contribution in [2.45, 2.75) is 18.6 Å². The van der Waals surface area contributed by atoms with Gasteiger partial charge in [0.05, 0.1) is 11.6 Å². The molecule has 2 aromatic heterocycles. The van der Waals surface area contributed by atoms with Crippen LogP contribution in [0.1, 0.15) is 18.0 Å². The highest BCUT2D eigenvalue weighted by Crippen LogP contribution is 2.38. The number of alkyl halides is 1. The van der Waals surface area contributed by atoms with Gasteiger partial charge in [-0.1, -0.05) is 0 Å². The maximum absolute atomic E-state index is 14.1. The van der Waals surface area contributed by atoms with Crippen molar-refractivity contribution in [2.75, 3.05) is 11.4 Å². The second kappa shape index (κ2) is 5.30. The van der Waals surface area contributed by atoms with Crippen LogP contribution in [0.3, 0.4) is 0 Å². The Morgan fingerprint density at radius 3 is 2.83 bits per heavy atom. The van der Waals surface area contributed by atoms with Crippen molar-refractivity contribution in [1.82, 2.24) is 9.61 Å². The van der Waals surface area contributed by atoms with Gasteiger partial charge in [-0.25, -0.2) is 17.7 Å². The quantitative estimate of drug-likeness (QED) is 0.714. The molecule has 0 saturated carbocycles. The second-order valence-corrected chi connectivity index (χ2v) is 5.75. The van der Waals surface area contributed by atoms with Crippen molar-refractivity contribution < 1.29 is 13.2 Å². The Morgan fingerprint density at radius 2 is 1.96 bits per heavy atom. The molecule has 0 N–H and O–H groups in total. The molecule has 23 heavy (non-hydrogen) atoms. The molecule has 0 bridgehead atoms. The van der Waals surface area contributed by atoms with E-state index in [0.717, 1.165) is 29.4 Å². The number of hydrogen-bond acceptors (Lipinski definition) is 2. The summed E-state index contributed by atoms with van der Waals surface area (Å²) in [6, 6.07) is 8.31. The number of rotatable bonds is 2. The lowest BCUT2D eigenvalue weighted by atomic mass is 10.0. The van der Waals surface area contributed by atoms with Crippen LogP contribution in [0.25, 0.3) is 5.52 Å². The molecule has 1 fully saturated rings. The molecule has 118 valence electrons. The molecule has 2 atom stereocenters. The lowest BCUT2D eigenvalue weighted by molar-refractivity contribution is 0.356. The third kappa shape index (κ3) is 2.44. The molecule has 3 nitrogen and oxygen atoms in total. The third-order valence-corrected chi connectivity index (χ3v) is 4.28. The molecule has 1 aliphatic heterocycles. The van der Waals surface area contributed by atoms with E-state index in [9.17, 15) is 13.2 Å². The molecule has 0 radical (unpaired) electrons. The average molecular weight is 317 g/mol. The second-order valence-electron chi connectivity index (χ2n) is 5.75. The van der Waals surface area contributed by atoms with Crippen LogP contribution in [-0.4, -0.2) is 22.3 Å². The molecule has 1 aliphatic rings. The van der Waals surface area contributed by atoms with Crippen molar-refractivity contribution in [3.8, 4) is 0 Å². The molecular weight excluding hydrogens is 303 g/mol. The lowest BCUT2D eigenvalue weighted by Crippen LogP contribution is -2.24. The zero-order valence-electron chi connectivity index (χ0n) is 12.2. The fourth-order valence-electron chi connectivity index (χ4n) is 3.22. The first-order chi connectivity index (χ1) is 11.1. The van der Waals surface area contributed by atoms with E-state index in [0.29, 0.717) is 0 Å². The van der Waals surface area contributed by atoms with E-state index >= 15 is 0 Å². The SMILES string of the molecule is Fc1ccc(F)c([C@H]2C[C@@H](F)CN2c2ccn3nccc3c2)c1. The minimum absolute atomic E-state index is 0.144. The van der Waals surface area contributed by atoms with Crippen molar-refractivity contribution in [3.63, 3.8) is 0 Å². The van der Waals surface area contributed by atoms with E-state index in [1.807, 2.05) is 18.2 Å². The van der Waals surface area contributed by atoms with Crippen LogP contribution in [0.2, 0.25) is 0 Å². The van der Waals surface area contributed by atoms with Crippen LogP contribution in [0.15, 0.2) is 48.8 Å². The van der Waals surface area contributed by atoms with E-state index in [-0.39, 0.29) is 18.5 Å². The lowest BCUT2D eigenvalue weighted by Gasteiger charge is -2.27. The van der Waals surface area contributed by atoms with Crippen LogP contribution in [0.4, 0.5) is 18.9 Å². The van der Waals surface area contributed by atoms with Gasteiger partial charge in [0.25, 0.3) is 0 Å². The number of fused-ring (bicyclic) bond motifs is 1. The minimum Gasteiger partial charge on any atom is -0.361 e. The van der Waals surface area contributed by atoms with Crippen LogP contribution in [0, 0.1) is 11.6 Å². The van der Waals surface area contributed by atoms with Gasteiger partial charge in [-0.2, -0.15) is 5.10 Å². The topological polar surface area (TPSA) is 20.5 Å². The normalized spacial score (nSPS) is 21.3. The average Bonchev–Trinajstić information content (AvgIpc) is 3.15. The van der Waals surface area contributed by atoms with Crippen molar-refractivity contribution in [1.29, 1.82) is 0 Å². The summed E-state index contributed by atoms with van der Waals surface area (Å²) in [5.41, 5.74) is 1.83. The van der Waals surface area contributed by atoms with Crippen molar-refractivity contribution in [2.24, 2.45) is 0 Å². The Hall–Kier alpha value is -2.50. The number of nitrogens with zero attached hydrogens (tertiary/aromatic N) is 3. The Morgan fingerprint density at radius 1 is 1.09 bits per heavy atom. The molecule has 3 aromatic rings. The fourth-order valence-corrected chi connectivity index (χ4v) is 3.22. The highest BCUT2D eigenvalue weighted by molar-refractivity contribution is 5.60. The van der Waals surface area contributed by atoms with Crippen LogP contribution >= 0.6 is 0 Å². The van der Waals surface area contributed by atoms with E-state index in [4.69, 9.17) is 0 Å². The van der Waals surface area contributed by atoms with Gasteiger partial charge in [0.1, 0.15) is 17.8 Å². The molecule has 4 rings (SSSR count). The Labute approximate surface area is 131 Å². The maximum Gasteiger partial charge on any atom is 0.128 e. The van der Waals surface area contributed by atoms with Crippen LogP contribution < -0.4 is 4.90 Å². The Balaban J connectivity index is 1.77. The summed E-state index contributed by atoms with van der Waals surface area (Å²) in [4.78, 5) is 1.79. The first-order valence-corrected chi connectivity index (χ1v) is 7.41. The van der Waals surface area contributed by atoms with Gasteiger partial charge in [0.2, 0.25) is 0 Å². The van der Waals surface area contributed by atoms with Gasteiger partial charge < -0.3 is 4.90 Å². The fraction of sp³-hybridized carbons (Fsp3) is 0.235. The molecule has 1 aromatic carbocycles. The smallest absolute Gasteiger partial charge is 0.128 e. The summed E-state index contributed by atoms with van der Waals surface area (Å²) < 4.78 is 43.3. The van der Waals surface area contributed by atoms with E-state index in [1.54, 1.807) is 21.8 Å². The number of aromatic nitrogens is 2. The zero-order valence-corrected chi connectivity index (χ0v) is 12.2. The number of benzene rings is 1. The molecule has 6 heteroatoms. The third-order valence-electron chi connectivity index (χ3n) is 4.28. The Bertz CT molecular complexity index is 861. The predicted octanol–water partition coefficient (Wildman–Crippen LogP) is 3.90. The zero-order chi connectivity index (χ0) is 16.0. The highest BCUT2D eigenvalue weighted by atomic mass is 19.1. The van der Waals surface area contributed by atoms with E-state index in [1.165, 1.54) is 0 Å². The number of anilines is 1. The van der Waals surface area contributed by atoms with Gasteiger partial charge in [-0.3, -0.25) is 0 Å².